The average molecular weight is 250 g/mol. The molecular formula is C9H13F3N4O. The summed E-state index contributed by atoms with van der Waals surface area (Å²) in [5.74, 6) is 3.92. The molecule has 1 rings (SSSR count). The Morgan fingerprint density at radius 1 is 1.65 bits per heavy atom. The Bertz CT molecular complexity index is 413. The summed E-state index contributed by atoms with van der Waals surface area (Å²) in [6, 6.07) is 0.938. The Morgan fingerprint density at radius 3 is 2.65 bits per heavy atom. The summed E-state index contributed by atoms with van der Waals surface area (Å²) in [7, 11) is 0. The van der Waals surface area contributed by atoms with Crippen LogP contribution in [0.15, 0.2) is 6.07 Å². The molecule has 8 heteroatoms. The molecule has 0 aliphatic carbocycles. The molecule has 3 N–H and O–H groups in total. The maximum Gasteiger partial charge on any atom is 0.435 e. The van der Waals surface area contributed by atoms with Crippen molar-refractivity contribution in [3.05, 3.63) is 17.5 Å². The van der Waals surface area contributed by atoms with Gasteiger partial charge < -0.3 is 0 Å². The van der Waals surface area contributed by atoms with Crippen LogP contribution in [0.2, 0.25) is 0 Å². The summed E-state index contributed by atoms with van der Waals surface area (Å²) in [5, 5.41) is 3.41. The SMILES string of the molecule is Cc1cc(C(F)(F)F)nn1CC(C)C(=O)NN. The highest BCUT2D eigenvalue weighted by molar-refractivity contribution is 5.77. The van der Waals surface area contributed by atoms with E-state index in [1.165, 1.54) is 6.92 Å². The lowest BCUT2D eigenvalue weighted by atomic mass is 10.2. The molecular weight excluding hydrogens is 237 g/mol. The predicted molar refractivity (Wildman–Crippen MR) is 53.5 cm³/mol. The lowest BCUT2D eigenvalue weighted by Crippen LogP contribution is -2.36. The average Bonchev–Trinajstić information content (AvgIpc) is 2.58. The number of halogens is 3. The van der Waals surface area contributed by atoms with Gasteiger partial charge in [-0.3, -0.25) is 14.9 Å². The second-order valence-corrected chi connectivity index (χ2v) is 3.76. The van der Waals surface area contributed by atoms with Crippen molar-refractivity contribution in [2.45, 2.75) is 26.6 Å². The first-order valence-electron chi connectivity index (χ1n) is 4.87. The molecule has 0 aromatic carbocycles. The van der Waals surface area contributed by atoms with E-state index in [2.05, 4.69) is 5.10 Å². The van der Waals surface area contributed by atoms with E-state index >= 15 is 0 Å². The van der Waals surface area contributed by atoms with Gasteiger partial charge in [0.25, 0.3) is 0 Å². The third-order valence-corrected chi connectivity index (χ3v) is 2.31. The van der Waals surface area contributed by atoms with Gasteiger partial charge in [0.1, 0.15) is 0 Å². The van der Waals surface area contributed by atoms with Gasteiger partial charge in [0.2, 0.25) is 5.91 Å². The van der Waals surface area contributed by atoms with E-state index in [-0.39, 0.29) is 6.54 Å². The number of hydrazine groups is 1. The number of aryl methyl sites for hydroxylation is 1. The molecule has 0 spiro atoms. The van der Waals surface area contributed by atoms with Crippen molar-refractivity contribution in [2.24, 2.45) is 11.8 Å². The molecule has 0 saturated carbocycles. The highest BCUT2D eigenvalue weighted by atomic mass is 19.4. The number of rotatable bonds is 3. The van der Waals surface area contributed by atoms with Crippen LogP contribution in [0.25, 0.3) is 0 Å². The van der Waals surface area contributed by atoms with Crippen LogP contribution >= 0.6 is 0 Å². The molecule has 1 aromatic heterocycles. The second kappa shape index (κ2) is 4.74. The molecule has 0 saturated heterocycles. The molecule has 96 valence electrons. The monoisotopic (exact) mass is 250 g/mol. The normalized spacial score (nSPS) is 13.5. The van der Waals surface area contributed by atoms with Crippen molar-refractivity contribution < 1.29 is 18.0 Å². The van der Waals surface area contributed by atoms with Crippen molar-refractivity contribution in [1.82, 2.24) is 15.2 Å². The molecule has 1 amide bonds. The Balaban J connectivity index is 2.86. The summed E-state index contributed by atoms with van der Waals surface area (Å²) >= 11 is 0. The van der Waals surface area contributed by atoms with Crippen molar-refractivity contribution in [1.29, 1.82) is 0 Å². The van der Waals surface area contributed by atoms with Crippen LogP contribution in [0.4, 0.5) is 13.2 Å². The van der Waals surface area contributed by atoms with Crippen LogP contribution < -0.4 is 11.3 Å². The number of hydrogen-bond donors (Lipinski definition) is 2. The number of nitrogens with one attached hydrogen (secondary N) is 1. The van der Waals surface area contributed by atoms with Gasteiger partial charge in [0.15, 0.2) is 5.69 Å². The lowest BCUT2D eigenvalue weighted by molar-refractivity contribution is -0.141. The van der Waals surface area contributed by atoms with Crippen LogP contribution in [0.1, 0.15) is 18.3 Å². The highest BCUT2D eigenvalue weighted by Crippen LogP contribution is 2.28. The molecule has 1 heterocycles. The van der Waals surface area contributed by atoms with Crippen LogP contribution in [0.3, 0.4) is 0 Å². The minimum Gasteiger partial charge on any atom is -0.294 e. The van der Waals surface area contributed by atoms with Gasteiger partial charge in [0.05, 0.1) is 12.5 Å². The van der Waals surface area contributed by atoms with Crippen molar-refractivity contribution in [2.75, 3.05) is 0 Å². The first kappa shape index (κ1) is 13.5. The van der Waals surface area contributed by atoms with E-state index in [0.29, 0.717) is 5.69 Å². The Kier molecular flexibility index (Phi) is 3.76. The molecule has 0 aliphatic rings. The van der Waals surface area contributed by atoms with E-state index in [1.54, 1.807) is 6.92 Å². The molecule has 5 nitrogen and oxygen atoms in total. The number of nitrogens with two attached hydrogens (primary N) is 1. The smallest absolute Gasteiger partial charge is 0.294 e. The summed E-state index contributed by atoms with van der Waals surface area (Å²) in [4.78, 5) is 11.1. The number of carbonyl (C=O) groups excluding carboxylic acids is 1. The molecule has 17 heavy (non-hydrogen) atoms. The predicted octanol–water partition coefficient (Wildman–Crippen LogP) is 0.836. The van der Waals surface area contributed by atoms with Crippen molar-refractivity contribution >= 4 is 5.91 Å². The number of hydrogen-bond acceptors (Lipinski definition) is 3. The second-order valence-electron chi connectivity index (χ2n) is 3.76. The number of nitrogens with zero attached hydrogens (tertiary/aromatic N) is 2. The van der Waals surface area contributed by atoms with E-state index < -0.39 is 23.7 Å². The highest BCUT2D eigenvalue weighted by Gasteiger charge is 2.34. The molecule has 0 bridgehead atoms. The van der Waals surface area contributed by atoms with Gasteiger partial charge in [-0.1, -0.05) is 6.92 Å². The van der Waals surface area contributed by atoms with Crippen LogP contribution in [0, 0.1) is 12.8 Å². The zero-order chi connectivity index (χ0) is 13.2. The van der Waals surface area contributed by atoms with E-state index in [9.17, 15) is 18.0 Å². The standard InChI is InChI=1S/C9H13F3N4O/c1-5(8(17)14-13)4-16-6(2)3-7(15-16)9(10,11)12/h3,5H,4,13H2,1-2H3,(H,14,17). The van der Waals surface area contributed by atoms with Crippen LogP contribution in [-0.4, -0.2) is 15.7 Å². The zero-order valence-corrected chi connectivity index (χ0v) is 9.38. The largest absolute Gasteiger partial charge is 0.435 e. The van der Waals surface area contributed by atoms with Crippen molar-refractivity contribution in [3.63, 3.8) is 0 Å². The fraction of sp³-hybridized carbons (Fsp3) is 0.556. The summed E-state index contributed by atoms with van der Waals surface area (Å²) in [6.07, 6.45) is -4.48. The van der Waals surface area contributed by atoms with Gasteiger partial charge >= 0.3 is 6.18 Å². The fourth-order valence-electron chi connectivity index (χ4n) is 1.32. The topological polar surface area (TPSA) is 72.9 Å². The number of carbonyl (C=O) groups is 1. The van der Waals surface area contributed by atoms with E-state index in [4.69, 9.17) is 5.84 Å². The van der Waals surface area contributed by atoms with Gasteiger partial charge in [-0.2, -0.15) is 18.3 Å². The minimum atomic E-state index is -4.48. The summed E-state index contributed by atoms with van der Waals surface area (Å²) in [6.45, 7) is 3.09. The van der Waals surface area contributed by atoms with Crippen LogP contribution in [0.5, 0.6) is 0 Å². The third kappa shape index (κ3) is 3.19. The number of aromatic nitrogens is 2. The fourth-order valence-corrected chi connectivity index (χ4v) is 1.32. The number of alkyl halides is 3. The van der Waals surface area contributed by atoms with Gasteiger partial charge in [-0.15, -0.1) is 0 Å². The molecule has 1 aromatic rings. The first-order chi connectivity index (χ1) is 7.75. The zero-order valence-electron chi connectivity index (χ0n) is 9.38. The van der Waals surface area contributed by atoms with Gasteiger partial charge in [-0.05, 0) is 13.0 Å². The third-order valence-electron chi connectivity index (χ3n) is 2.31. The maximum atomic E-state index is 12.4. The van der Waals surface area contributed by atoms with Gasteiger partial charge in [-0.25, -0.2) is 5.84 Å². The molecule has 0 radical (unpaired) electrons. The minimum absolute atomic E-state index is 0.0466. The van der Waals surface area contributed by atoms with E-state index in [1.807, 2.05) is 5.43 Å². The first-order valence-corrected chi connectivity index (χ1v) is 4.87. The molecule has 1 unspecified atom stereocenters. The molecule has 1 atom stereocenters. The van der Waals surface area contributed by atoms with E-state index in [0.717, 1.165) is 10.7 Å². The van der Waals surface area contributed by atoms with Gasteiger partial charge in [0, 0.05) is 5.69 Å². The lowest BCUT2D eigenvalue weighted by Gasteiger charge is -2.11. The maximum absolute atomic E-state index is 12.4. The number of amides is 1. The van der Waals surface area contributed by atoms with Crippen molar-refractivity contribution in [3.8, 4) is 0 Å². The summed E-state index contributed by atoms with van der Waals surface area (Å²) in [5.41, 5.74) is 1.32. The Hall–Kier alpha value is -1.57. The Morgan fingerprint density at radius 2 is 2.24 bits per heavy atom. The Labute approximate surface area is 95.7 Å². The molecule has 0 aliphatic heterocycles. The van der Waals surface area contributed by atoms with Crippen LogP contribution in [-0.2, 0) is 17.5 Å². The quantitative estimate of drug-likeness (QED) is 0.474. The summed E-state index contributed by atoms with van der Waals surface area (Å²) < 4.78 is 38.2. The molecule has 0 fully saturated rings.